The van der Waals surface area contributed by atoms with E-state index in [4.69, 9.17) is 11.6 Å². The highest BCUT2D eigenvalue weighted by Gasteiger charge is 2.20. The maximum atomic E-state index is 6.09. The summed E-state index contributed by atoms with van der Waals surface area (Å²) in [7, 11) is 0. The van der Waals surface area contributed by atoms with E-state index in [1.807, 2.05) is 43.6 Å². The fourth-order valence-corrected chi connectivity index (χ4v) is 3.61. The van der Waals surface area contributed by atoms with Crippen molar-refractivity contribution in [3.63, 3.8) is 0 Å². The quantitative estimate of drug-likeness (QED) is 0.456. The average molecular weight is 402 g/mol. The first-order chi connectivity index (χ1) is 10.7. The smallest absolute Gasteiger partial charge is 0.0409 e. The van der Waals surface area contributed by atoms with Gasteiger partial charge >= 0.3 is 0 Å². The van der Waals surface area contributed by atoms with Crippen LogP contribution in [-0.2, 0) is 5.75 Å². The zero-order chi connectivity index (χ0) is 17.1. The molecule has 0 fully saturated rings. The summed E-state index contributed by atoms with van der Waals surface area (Å²) in [6.07, 6.45) is 6.25. The Hall–Kier alpha value is -0.440. The van der Waals surface area contributed by atoms with Gasteiger partial charge < -0.3 is 0 Å². The molecule has 1 unspecified atom stereocenters. The first kappa shape index (κ1) is 21.6. The lowest BCUT2D eigenvalue weighted by Gasteiger charge is -2.15. The van der Waals surface area contributed by atoms with Gasteiger partial charge in [0.1, 0.15) is 0 Å². The number of hydrogen-bond donors (Lipinski definition) is 0. The van der Waals surface area contributed by atoms with Crippen molar-refractivity contribution in [2.75, 3.05) is 5.83 Å². The number of alkyl halides is 1. The molecule has 0 aromatic heterocycles. The molecule has 1 aromatic rings. The van der Waals surface area contributed by atoms with Gasteiger partial charge in [0.25, 0.3) is 0 Å². The van der Waals surface area contributed by atoms with Gasteiger partial charge in [-0.25, -0.2) is 0 Å². The molecule has 0 amide bonds. The minimum absolute atomic E-state index is 0.386. The van der Waals surface area contributed by atoms with Crippen molar-refractivity contribution in [1.82, 2.24) is 0 Å². The number of benzene rings is 1. The molecular weight excluding hydrogens is 376 g/mol. The standard InChI is InChI=1S/C16H17ClS.C2H6.CH3Br/c1-4-6-15-11(3)14-8-7-13(17)9-12(14)10-18-16(15)5-2;2*1-2/h4-9,11H,2,10H2,1,3H3;1-2H3;1H3/b6-4-;;. The Bertz CT molecular complexity index is 532. The minimum Gasteiger partial charge on any atom is -0.121 e. The molecule has 0 N–H and O–H groups in total. The number of allylic oxidation sites excluding steroid dienone is 4. The van der Waals surface area contributed by atoms with Crippen molar-refractivity contribution >= 4 is 39.3 Å². The van der Waals surface area contributed by atoms with Gasteiger partial charge in [-0.1, -0.05) is 79.2 Å². The summed E-state index contributed by atoms with van der Waals surface area (Å²) in [5.41, 5.74) is 4.05. The van der Waals surface area contributed by atoms with Crippen LogP contribution in [0.2, 0.25) is 5.02 Å². The Morgan fingerprint density at radius 2 is 1.95 bits per heavy atom. The van der Waals surface area contributed by atoms with Crippen LogP contribution in [0.25, 0.3) is 0 Å². The fraction of sp³-hybridized carbons (Fsp3) is 0.368. The van der Waals surface area contributed by atoms with Gasteiger partial charge in [-0.3, -0.25) is 0 Å². The predicted octanol–water partition coefficient (Wildman–Crippen LogP) is 7.74. The summed E-state index contributed by atoms with van der Waals surface area (Å²) in [5, 5.41) is 0.816. The molecular formula is C19H26BrClS. The maximum absolute atomic E-state index is 6.09. The van der Waals surface area contributed by atoms with Crippen molar-refractivity contribution in [3.8, 4) is 0 Å². The molecule has 0 radical (unpaired) electrons. The van der Waals surface area contributed by atoms with E-state index < -0.39 is 0 Å². The van der Waals surface area contributed by atoms with E-state index in [0.29, 0.717) is 5.92 Å². The van der Waals surface area contributed by atoms with Crippen LogP contribution in [0.3, 0.4) is 0 Å². The number of halogens is 2. The molecule has 1 aromatic carbocycles. The van der Waals surface area contributed by atoms with Crippen molar-refractivity contribution in [2.24, 2.45) is 0 Å². The molecule has 0 spiro atoms. The highest BCUT2D eigenvalue weighted by molar-refractivity contribution is 9.08. The molecule has 22 heavy (non-hydrogen) atoms. The van der Waals surface area contributed by atoms with Crippen LogP contribution in [-0.4, -0.2) is 5.83 Å². The van der Waals surface area contributed by atoms with Crippen molar-refractivity contribution < 1.29 is 0 Å². The van der Waals surface area contributed by atoms with E-state index in [1.165, 1.54) is 21.6 Å². The van der Waals surface area contributed by atoms with Gasteiger partial charge in [-0.05, 0) is 41.6 Å². The molecule has 3 heteroatoms. The van der Waals surface area contributed by atoms with Gasteiger partial charge in [0.05, 0.1) is 0 Å². The Kier molecular flexibility index (Phi) is 11.8. The second-order valence-corrected chi connectivity index (χ2v) is 5.83. The zero-order valence-corrected chi connectivity index (χ0v) is 17.3. The molecule has 1 aliphatic rings. The number of fused-ring (bicyclic) bond motifs is 1. The van der Waals surface area contributed by atoms with Crippen LogP contribution >= 0.6 is 39.3 Å². The lowest BCUT2D eigenvalue weighted by molar-refractivity contribution is 0.909. The third-order valence-electron chi connectivity index (χ3n) is 3.24. The van der Waals surface area contributed by atoms with Crippen LogP contribution in [0.15, 0.2) is 53.5 Å². The van der Waals surface area contributed by atoms with Crippen LogP contribution in [0, 0.1) is 0 Å². The summed E-state index contributed by atoms with van der Waals surface area (Å²) >= 11 is 10.9. The van der Waals surface area contributed by atoms with Crippen molar-refractivity contribution in [1.29, 1.82) is 0 Å². The normalized spacial score (nSPS) is 16.8. The molecule has 0 bridgehead atoms. The second-order valence-electron chi connectivity index (χ2n) is 4.38. The van der Waals surface area contributed by atoms with Crippen LogP contribution in [0.1, 0.15) is 44.7 Å². The van der Waals surface area contributed by atoms with E-state index in [-0.39, 0.29) is 0 Å². The largest absolute Gasteiger partial charge is 0.121 e. The zero-order valence-electron chi connectivity index (χ0n) is 14.1. The van der Waals surface area contributed by atoms with Crippen LogP contribution in [0.5, 0.6) is 0 Å². The van der Waals surface area contributed by atoms with Crippen LogP contribution < -0.4 is 0 Å². The third-order valence-corrected chi connectivity index (χ3v) is 4.64. The Morgan fingerprint density at radius 1 is 1.32 bits per heavy atom. The number of hydrogen-bond acceptors (Lipinski definition) is 1. The minimum atomic E-state index is 0.386. The molecule has 0 aliphatic carbocycles. The molecule has 1 aliphatic heterocycles. The Labute approximate surface area is 153 Å². The summed E-state index contributed by atoms with van der Waals surface area (Å²) in [6.45, 7) is 12.2. The van der Waals surface area contributed by atoms with Gasteiger partial charge in [-0.2, -0.15) is 0 Å². The first-order valence-corrected chi connectivity index (χ1v) is 10.4. The SMILES string of the molecule is C=CC1=C(/C=C\C)C(C)c2ccc(Cl)cc2CS1.CBr.CC. The highest BCUT2D eigenvalue weighted by atomic mass is 79.9. The molecule has 2 rings (SSSR count). The number of rotatable bonds is 2. The molecule has 0 nitrogen and oxygen atoms in total. The van der Waals surface area contributed by atoms with Gasteiger partial charge in [0.2, 0.25) is 0 Å². The molecule has 1 atom stereocenters. The van der Waals surface area contributed by atoms with Gasteiger partial charge in [0.15, 0.2) is 0 Å². The summed E-state index contributed by atoms with van der Waals surface area (Å²) in [5.74, 6) is 3.16. The lowest BCUT2D eigenvalue weighted by atomic mass is 9.89. The summed E-state index contributed by atoms with van der Waals surface area (Å²) < 4.78 is 0. The fourth-order valence-electron chi connectivity index (χ4n) is 2.32. The first-order valence-electron chi connectivity index (χ1n) is 7.45. The predicted molar refractivity (Wildman–Crippen MR) is 109 cm³/mol. The van der Waals surface area contributed by atoms with Crippen LogP contribution in [0.4, 0.5) is 0 Å². The summed E-state index contributed by atoms with van der Waals surface area (Å²) in [6, 6.07) is 6.21. The summed E-state index contributed by atoms with van der Waals surface area (Å²) in [4.78, 5) is 1.27. The van der Waals surface area contributed by atoms with E-state index in [1.54, 1.807) is 0 Å². The average Bonchev–Trinajstić information content (AvgIpc) is 2.69. The second kappa shape index (κ2) is 12.0. The molecule has 122 valence electrons. The highest BCUT2D eigenvalue weighted by Crippen LogP contribution is 2.40. The number of thioether (sulfide) groups is 1. The third kappa shape index (κ3) is 5.64. The van der Waals surface area contributed by atoms with Gasteiger partial charge in [0, 0.05) is 21.6 Å². The van der Waals surface area contributed by atoms with Gasteiger partial charge in [-0.15, -0.1) is 11.8 Å². The molecule has 0 saturated carbocycles. The Balaban J connectivity index is 0.00000102. The monoisotopic (exact) mass is 400 g/mol. The molecule has 1 heterocycles. The molecule has 0 saturated heterocycles. The Morgan fingerprint density at radius 3 is 2.50 bits per heavy atom. The van der Waals surface area contributed by atoms with Crippen molar-refractivity contribution in [3.05, 3.63) is 69.6 Å². The maximum Gasteiger partial charge on any atom is 0.0409 e. The van der Waals surface area contributed by atoms with E-state index >= 15 is 0 Å². The van der Waals surface area contributed by atoms with Crippen molar-refractivity contribution in [2.45, 2.75) is 39.4 Å². The van der Waals surface area contributed by atoms with E-state index in [2.05, 4.69) is 60.6 Å². The topological polar surface area (TPSA) is 0 Å². The van der Waals surface area contributed by atoms with E-state index in [0.717, 1.165) is 10.8 Å². The lowest BCUT2D eigenvalue weighted by Crippen LogP contribution is -1.99. The van der Waals surface area contributed by atoms with E-state index in [9.17, 15) is 0 Å².